The zero-order valence-corrected chi connectivity index (χ0v) is 15.5. The van der Waals surface area contributed by atoms with Crippen molar-refractivity contribution in [1.29, 1.82) is 5.26 Å². The van der Waals surface area contributed by atoms with E-state index in [1.807, 2.05) is 12.1 Å². The Hall–Kier alpha value is -3.32. The van der Waals surface area contributed by atoms with Gasteiger partial charge in [-0.05, 0) is 42.5 Å². The first-order valence-electron chi connectivity index (χ1n) is 8.33. The van der Waals surface area contributed by atoms with Crippen LogP contribution in [0.1, 0.15) is 5.56 Å². The molecule has 0 aliphatic rings. The summed E-state index contributed by atoms with van der Waals surface area (Å²) in [6.45, 7) is -0.315. The minimum absolute atomic E-state index is 0.0433. The van der Waals surface area contributed by atoms with Crippen LogP contribution in [0.3, 0.4) is 0 Å². The molecular weight excluding hydrogens is 378 g/mol. The second-order valence-electron chi connectivity index (χ2n) is 5.73. The third-order valence-electron chi connectivity index (χ3n) is 3.79. The number of aromatic nitrogens is 2. The van der Waals surface area contributed by atoms with E-state index in [9.17, 15) is 8.42 Å². The first-order valence-corrected chi connectivity index (χ1v) is 9.81. The molecule has 0 amide bonds. The van der Waals surface area contributed by atoms with Crippen molar-refractivity contribution in [2.24, 2.45) is 0 Å². The Morgan fingerprint density at radius 1 is 1.04 bits per heavy atom. The summed E-state index contributed by atoms with van der Waals surface area (Å²) in [5, 5.41) is 20.7. The van der Waals surface area contributed by atoms with Gasteiger partial charge in [0.05, 0.1) is 28.8 Å². The molecule has 8 nitrogen and oxygen atoms in total. The molecule has 3 rings (SSSR count). The Labute approximate surface area is 162 Å². The van der Waals surface area contributed by atoms with Crippen LogP contribution in [-0.2, 0) is 10.0 Å². The second kappa shape index (κ2) is 8.58. The van der Waals surface area contributed by atoms with Crippen LogP contribution in [0.2, 0.25) is 0 Å². The summed E-state index contributed by atoms with van der Waals surface area (Å²) in [6, 6.07) is 17.0. The van der Waals surface area contributed by atoms with Gasteiger partial charge in [-0.15, -0.1) is 0 Å². The summed E-state index contributed by atoms with van der Waals surface area (Å²) in [6.07, 6.45) is 1.61. The number of anilines is 2. The maximum Gasteiger partial charge on any atom is 0.240 e. The van der Waals surface area contributed by atoms with Crippen molar-refractivity contribution in [3.63, 3.8) is 0 Å². The molecule has 0 atom stereocenters. The molecule has 0 radical (unpaired) electrons. The molecule has 9 heteroatoms. The number of nitrogens with zero attached hydrogens (tertiary/aromatic N) is 3. The van der Waals surface area contributed by atoms with Gasteiger partial charge in [0.25, 0.3) is 0 Å². The van der Waals surface area contributed by atoms with Gasteiger partial charge in [-0.3, -0.25) is 0 Å². The summed E-state index contributed by atoms with van der Waals surface area (Å²) < 4.78 is 26.3. The maximum absolute atomic E-state index is 12.0. The Balaban J connectivity index is 1.76. The van der Waals surface area contributed by atoms with Gasteiger partial charge in [-0.1, -0.05) is 12.1 Å². The van der Waals surface area contributed by atoms with Crippen molar-refractivity contribution >= 4 is 21.7 Å². The van der Waals surface area contributed by atoms with Crippen molar-refractivity contribution < 1.29 is 13.5 Å². The highest BCUT2D eigenvalue weighted by Crippen LogP contribution is 2.21. The van der Waals surface area contributed by atoms with Crippen molar-refractivity contribution in [3.8, 4) is 17.3 Å². The van der Waals surface area contributed by atoms with Crippen molar-refractivity contribution in [1.82, 2.24) is 14.7 Å². The van der Waals surface area contributed by atoms with E-state index in [4.69, 9.17) is 10.4 Å². The van der Waals surface area contributed by atoms with Crippen LogP contribution in [0, 0.1) is 11.3 Å². The van der Waals surface area contributed by atoms with E-state index in [0.29, 0.717) is 22.9 Å². The topological polar surface area (TPSA) is 128 Å². The molecule has 3 aromatic rings. The fraction of sp³-hybridized carbons (Fsp3) is 0.105. The lowest BCUT2D eigenvalue weighted by molar-refractivity contribution is 0.301. The molecule has 0 aliphatic carbocycles. The molecular formula is C19H17N5O3S. The van der Waals surface area contributed by atoms with E-state index in [1.165, 1.54) is 12.1 Å². The Morgan fingerprint density at radius 2 is 1.75 bits per heavy atom. The fourth-order valence-corrected chi connectivity index (χ4v) is 3.43. The average Bonchev–Trinajstić information content (AvgIpc) is 2.73. The number of rotatable bonds is 7. The number of aliphatic hydroxyl groups excluding tert-OH is 1. The highest BCUT2D eigenvalue weighted by atomic mass is 32.2. The summed E-state index contributed by atoms with van der Waals surface area (Å²) in [5.41, 5.74) is 2.73. The minimum Gasteiger partial charge on any atom is -0.395 e. The van der Waals surface area contributed by atoms with Gasteiger partial charge >= 0.3 is 0 Å². The molecule has 0 saturated heterocycles. The Bertz CT molecular complexity index is 1090. The monoisotopic (exact) mass is 395 g/mol. The normalized spacial score (nSPS) is 11.0. The largest absolute Gasteiger partial charge is 0.395 e. The van der Waals surface area contributed by atoms with Gasteiger partial charge in [0.15, 0.2) is 0 Å². The van der Waals surface area contributed by atoms with Crippen molar-refractivity contribution in [2.75, 3.05) is 18.5 Å². The summed E-state index contributed by atoms with van der Waals surface area (Å²) in [4.78, 5) is 8.71. The third-order valence-corrected chi connectivity index (χ3v) is 5.27. The molecule has 0 aliphatic heterocycles. The number of aliphatic hydroxyl groups is 1. The molecule has 1 heterocycles. The van der Waals surface area contributed by atoms with Gasteiger partial charge in [0.1, 0.15) is 0 Å². The van der Waals surface area contributed by atoms with Gasteiger partial charge in [0.2, 0.25) is 16.0 Å². The standard InChI is InChI=1S/C19H17N5O3S/c20-13-14-1-3-15(4-2-14)18-9-10-21-19(24-18)23-16-5-7-17(8-6-16)28(26,27)22-11-12-25/h1-10,22,25H,11-12H2,(H,21,23,24). The van der Waals surface area contributed by atoms with Crippen molar-refractivity contribution in [2.45, 2.75) is 4.90 Å². The Kier molecular flexibility index (Phi) is 5.96. The van der Waals surface area contributed by atoms with Crippen molar-refractivity contribution in [3.05, 3.63) is 66.4 Å². The number of nitriles is 1. The highest BCUT2D eigenvalue weighted by molar-refractivity contribution is 7.89. The number of sulfonamides is 1. The third kappa shape index (κ3) is 4.69. The van der Waals surface area contributed by atoms with Gasteiger partial charge in [0, 0.05) is 24.0 Å². The molecule has 3 N–H and O–H groups in total. The fourth-order valence-electron chi connectivity index (χ4n) is 2.41. The molecule has 0 saturated carbocycles. The zero-order chi connectivity index (χ0) is 20.0. The van der Waals surface area contributed by atoms with Gasteiger partial charge < -0.3 is 10.4 Å². The quantitative estimate of drug-likeness (QED) is 0.558. The van der Waals surface area contributed by atoms with Crippen LogP contribution < -0.4 is 10.0 Å². The van der Waals surface area contributed by atoms with Crippen LogP contribution in [0.25, 0.3) is 11.3 Å². The molecule has 0 bridgehead atoms. The second-order valence-corrected chi connectivity index (χ2v) is 7.49. The van der Waals surface area contributed by atoms with Crippen LogP contribution in [-0.4, -0.2) is 36.6 Å². The first-order chi connectivity index (χ1) is 13.5. The van der Waals surface area contributed by atoms with Crippen LogP contribution >= 0.6 is 0 Å². The Morgan fingerprint density at radius 3 is 2.39 bits per heavy atom. The number of hydrogen-bond donors (Lipinski definition) is 3. The van der Waals surface area contributed by atoms with E-state index in [0.717, 1.165) is 5.56 Å². The molecule has 1 aromatic heterocycles. The molecule has 0 spiro atoms. The van der Waals surface area contributed by atoms with E-state index in [1.54, 1.807) is 36.5 Å². The smallest absolute Gasteiger partial charge is 0.240 e. The highest BCUT2D eigenvalue weighted by Gasteiger charge is 2.13. The van der Waals surface area contributed by atoms with Gasteiger partial charge in [-0.25, -0.2) is 23.1 Å². The minimum atomic E-state index is -3.65. The lowest BCUT2D eigenvalue weighted by atomic mass is 10.1. The van der Waals surface area contributed by atoms with Crippen LogP contribution in [0.5, 0.6) is 0 Å². The molecule has 2 aromatic carbocycles. The molecule has 0 unspecified atom stereocenters. The van der Waals surface area contributed by atoms with Crippen LogP contribution in [0.4, 0.5) is 11.6 Å². The molecule has 142 valence electrons. The van der Waals surface area contributed by atoms with Crippen LogP contribution in [0.15, 0.2) is 65.7 Å². The maximum atomic E-state index is 12.0. The molecule has 28 heavy (non-hydrogen) atoms. The number of nitrogens with one attached hydrogen (secondary N) is 2. The van der Waals surface area contributed by atoms with Gasteiger partial charge in [-0.2, -0.15) is 5.26 Å². The molecule has 0 fully saturated rings. The first kappa shape index (κ1) is 19.4. The zero-order valence-electron chi connectivity index (χ0n) is 14.7. The lowest BCUT2D eigenvalue weighted by Crippen LogP contribution is -2.26. The lowest BCUT2D eigenvalue weighted by Gasteiger charge is -2.09. The van der Waals surface area contributed by atoms with E-state index in [2.05, 4.69) is 26.1 Å². The summed E-state index contributed by atoms with van der Waals surface area (Å²) in [7, 11) is -3.65. The predicted molar refractivity (Wildman–Crippen MR) is 104 cm³/mol. The van der Waals surface area contributed by atoms with E-state index >= 15 is 0 Å². The summed E-state index contributed by atoms with van der Waals surface area (Å²) in [5.74, 6) is 0.357. The van der Waals surface area contributed by atoms with E-state index in [-0.39, 0.29) is 18.0 Å². The number of hydrogen-bond acceptors (Lipinski definition) is 7. The SMILES string of the molecule is N#Cc1ccc(-c2ccnc(Nc3ccc(S(=O)(=O)NCCO)cc3)n2)cc1. The number of benzene rings is 2. The van der Waals surface area contributed by atoms with E-state index < -0.39 is 10.0 Å². The summed E-state index contributed by atoms with van der Waals surface area (Å²) >= 11 is 0. The average molecular weight is 395 g/mol. The predicted octanol–water partition coefficient (Wildman–Crippen LogP) is 2.03.